The minimum absolute atomic E-state index is 0.214. The predicted molar refractivity (Wildman–Crippen MR) is 76.6 cm³/mol. The van der Waals surface area contributed by atoms with Crippen molar-refractivity contribution >= 4 is 27.3 Å². The quantitative estimate of drug-likeness (QED) is 0.876. The van der Waals surface area contributed by atoms with Crippen LogP contribution in [0.5, 0.6) is 0 Å². The summed E-state index contributed by atoms with van der Waals surface area (Å²) in [6.45, 7) is 0.214. The van der Waals surface area contributed by atoms with Crippen LogP contribution in [0.1, 0.15) is 23.5 Å². The molecule has 1 unspecified atom stereocenters. The van der Waals surface area contributed by atoms with E-state index in [-0.39, 0.29) is 12.5 Å². The van der Waals surface area contributed by atoms with Crippen LogP contribution in [0.3, 0.4) is 0 Å². The number of halogens is 1. The fraction of sp³-hybridized carbons (Fsp3) is 0.286. The Morgan fingerprint density at radius 2 is 1.94 bits per heavy atom. The highest BCUT2D eigenvalue weighted by molar-refractivity contribution is 9.10. The van der Waals surface area contributed by atoms with Crippen molar-refractivity contribution in [1.29, 1.82) is 0 Å². The van der Waals surface area contributed by atoms with Gasteiger partial charge < -0.3 is 5.11 Å². The van der Waals surface area contributed by atoms with E-state index in [9.17, 15) is 5.11 Å². The van der Waals surface area contributed by atoms with Crippen LogP contribution in [-0.4, -0.2) is 11.7 Å². The lowest BCUT2D eigenvalue weighted by molar-refractivity contribution is 0.259. The van der Waals surface area contributed by atoms with Crippen LogP contribution in [0.15, 0.2) is 45.6 Å². The molecule has 1 heterocycles. The molecule has 0 aliphatic rings. The molecule has 0 bridgehead atoms. The highest BCUT2D eigenvalue weighted by Gasteiger charge is 2.10. The second-order valence-electron chi connectivity index (χ2n) is 4.10. The average Bonchev–Trinajstić information content (AvgIpc) is 2.85. The van der Waals surface area contributed by atoms with Gasteiger partial charge in [-0.2, -0.15) is 11.3 Å². The third-order valence-electron chi connectivity index (χ3n) is 2.92. The van der Waals surface area contributed by atoms with Gasteiger partial charge >= 0.3 is 0 Å². The third-order valence-corrected chi connectivity index (χ3v) is 4.18. The van der Waals surface area contributed by atoms with Crippen molar-refractivity contribution in [2.45, 2.75) is 18.8 Å². The molecule has 1 atom stereocenters. The van der Waals surface area contributed by atoms with Gasteiger partial charge in [0, 0.05) is 17.0 Å². The summed E-state index contributed by atoms with van der Waals surface area (Å²) in [6.07, 6.45) is 2.03. The van der Waals surface area contributed by atoms with E-state index in [2.05, 4.69) is 44.9 Å². The van der Waals surface area contributed by atoms with Crippen LogP contribution in [-0.2, 0) is 6.42 Å². The van der Waals surface area contributed by atoms with E-state index in [1.54, 1.807) is 11.3 Å². The molecule has 1 nitrogen and oxygen atoms in total. The predicted octanol–water partition coefficient (Wildman–Crippen LogP) is 4.22. The molecule has 2 rings (SSSR count). The summed E-state index contributed by atoms with van der Waals surface area (Å²) in [5.41, 5.74) is 2.58. The zero-order chi connectivity index (χ0) is 12.1. The van der Waals surface area contributed by atoms with E-state index >= 15 is 0 Å². The molecule has 0 fully saturated rings. The van der Waals surface area contributed by atoms with Crippen molar-refractivity contribution < 1.29 is 5.11 Å². The minimum Gasteiger partial charge on any atom is -0.396 e. The number of rotatable bonds is 5. The van der Waals surface area contributed by atoms with Crippen LogP contribution >= 0.6 is 27.3 Å². The minimum atomic E-state index is 0.214. The molecule has 1 aromatic carbocycles. The van der Waals surface area contributed by atoms with Gasteiger partial charge in [0.15, 0.2) is 0 Å². The van der Waals surface area contributed by atoms with E-state index in [1.165, 1.54) is 11.1 Å². The Balaban J connectivity index is 1.99. The van der Waals surface area contributed by atoms with E-state index in [0.717, 1.165) is 17.3 Å². The normalized spacial score (nSPS) is 12.6. The fourth-order valence-corrected chi connectivity index (χ4v) is 2.84. The molecule has 17 heavy (non-hydrogen) atoms. The largest absolute Gasteiger partial charge is 0.396 e. The maximum atomic E-state index is 9.47. The number of aliphatic hydroxyl groups excluding tert-OH is 1. The van der Waals surface area contributed by atoms with E-state index in [0.29, 0.717) is 0 Å². The molecular formula is C14H15BrOS. The summed E-state index contributed by atoms with van der Waals surface area (Å²) in [5.74, 6) is 0.239. The molecule has 0 aliphatic heterocycles. The lowest BCUT2D eigenvalue weighted by atomic mass is 9.94. The van der Waals surface area contributed by atoms with Gasteiger partial charge in [0.25, 0.3) is 0 Å². The number of hydrogen-bond donors (Lipinski definition) is 1. The Labute approximate surface area is 114 Å². The van der Waals surface area contributed by atoms with Gasteiger partial charge in [-0.3, -0.25) is 0 Å². The van der Waals surface area contributed by atoms with Crippen molar-refractivity contribution in [1.82, 2.24) is 0 Å². The second kappa shape index (κ2) is 6.34. The van der Waals surface area contributed by atoms with Gasteiger partial charge in [-0.1, -0.05) is 28.1 Å². The maximum absolute atomic E-state index is 9.47. The van der Waals surface area contributed by atoms with Crippen molar-refractivity contribution in [3.05, 3.63) is 56.7 Å². The lowest BCUT2D eigenvalue weighted by Crippen LogP contribution is -2.05. The number of aliphatic hydroxyl groups is 1. The molecule has 0 amide bonds. The topological polar surface area (TPSA) is 20.2 Å². The maximum Gasteiger partial charge on any atom is 0.0499 e. The number of hydrogen-bond acceptors (Lipinski definition) is 2. The summed E-state index contributed by atoms with van der Waals surface area (Å²) in [7, 11) is 0. The van der Waals surface area contributed by atoms with Gasteiger partial charge in [-0.25, -0.2) is 0 Å². The standard InChI is InChI=1S/C14H15BrOS/c15-14-5-3-12(4-6-14)13(9-16)2-1-11-7-8-17-10-11/h3-8,10,13,16H,1-2,9H2. The zero-order valence-corrected chi connectivity index (χ0v) is 11.9. The third kappa shape index (κ3) is 3.66. The van der Waals surface area contributed by atoms with E-state index < -0.39 is 0 Å². The Kier molecular flexibility index (Phi) is 4.77. The highest BCUT2D eigenvalue weighted by atomic mass is 79.9. The summed E-state index contributed by atoms with van der Waals surface area (Å²) in [4.78, 5) is 0. The molecule has 0 aliphatic carbocycles. The van der Waals surface area contributed by atoms with Gasteiger partial charge in [-0.05, 0) is 52.9 Å². The smallest absolute Gasteiger partial charge is 0.0499 e. The van der Waals surface area contributed by atoms with Crippen LogP contribution in [0.4, 0.5) is 0 Å². The highest BCUT2D eigenvalue weighted by Crippen LogP contribution is 2.23. The van der Waals surface area contributed by atoms with E-state index in [4.69, 9.17) is 0 Å². The monoisotopic (exact) mass is 310 g/mol. The number of thiophene rings is 1. The van der Waals surface area contributed by atoms with Gasteiger partial charge in [-0.15, -0.1) is 0 Å². The second-order valence-corrected chi connectivity index (χ2v) is 5.80. The first-order chi connectivity index (χ1) is 8.29. The molecule has 0 saturated carbocycles. The van der Waals surface area contributed by atoms with E-state index in [1.807, 2.05) is 12.1 Å². The summed E-state index contributed by atoms with van der Waals surface area (Å²) in [6, 6.07) is 10.4. The Bertz CT molecular complexity index is 436. The molecule has 1 aromatic heterocycles. The Morgan fingerprint density at radius 3 is 2.53 bits per heavy atom. The molecule has 2 aromatic rings. The SMILES string of the molecule is OCC(CCc1ccsc1)c1ccc(Br)cc1. The first-order valence-corrected chi connectivity index (χ1v) is 7.40. The average molecular weight is 311 g/mol. The van der Waals surface area contributed by atoms with Crippen molar-refractivity contribution in [2.75, 3.05) is 6.61 Å². The van der Waals surface area contributed by atoms with Gasteiger partial charge in [0.2, 0.25) is 0 Å². The Morgan fingerprint density at radius 1 is 1.18 bits per heavy atom. The van der Waals surface area contributed by atoms with Crippen LogP contribution in [0.25, 0.3) is 0 Å². The summed E-state index contributed by atoms with van der Waals surface area (Å²) in [5, 5.41) is 13.7. The zero-order valence-electron chi connectivity index (χ0n) is 9.47. The van der Waals surface area contributed by atoms with Gasteiger partial charge in [0.1, 0.15) is 0 Å². The number of benzene rings is 1. The molecule has 3 heteroatoms. The lowest BCUT2D eigenvalue weighted by Gasteiger charge is -2.14. The van der Waals surface area contributed by atoms with Crippen LogP contribution in [0.2, 0.25) is 0 Å². The molecule has 0 radical (unpaired) electrons. The summed E-state index contributed by atoms with van der Waals surface area (Å²) < 4.78 is 1.08. The Hall–Kier alpha value is -0.640. The molecule has 90 valence electrons. The van der Waals surface area contributed by atoms with Crippen LogP contribution in [0, 0.1) is 0 Å². The molecular weight excluding hydrogens is 296 g/mol. The first kappa shape index (κ1) is 12.8. The summed E-state index contributed by atoms with van der Waals surface area (Å²) >= 11 is 5.15. The first-order valence-electron chi connectivity index (χ1n) is 5.67. The molecule has 0 saturated heterocycles. The fourth-order valence-electron chi connectivity index (χ4n) is 1.87. The van der Waals surface area contributed by atoms with Crippen molar-refractivity contribution in [2.24, 2.45) is 0 Å². The van der Waals surface area contributed by atoms with Crippen molar-refractivity contribution in [3.8, 4) is 0 Å². The van der Waals surface area contributed by atoms with Gasteiger partial charge in [0.05, 0.1) is 0 Å². The van der Waals surface area contributed by atoms with Crippen LogP contribution < -0.4 is 0 Å². The molecule has 0 spiro atoms. The number of aryl methyl sites for hydroxylation is 1. The molecule has 1 N–H and O–H groups in total. The van der Waals surface area contributed by atoms with Crippen molar-refractivity contribution in [3.63, 3.8) is 0 Å².